The summed E-state index contributed by atoms with van der Waals surface area (Å²) in [6, 6.07) is 12.1. The van der Waals surface area contributed by atoms with E-state index in [0.717, 1.165) is 16.6 Å². The number of fused-ring (bicyclic) bond motifs is 3. The first-order valence-corrected chi connectivity index (χ1v) is 4.73. The number of hydrogen-bond donors (Lipinski definition) is 1. The summed E-state index contributed by atoms with van der Waals surface area (Å²) in [5.74, 6) is 0. The number of hydrogen-bond acceptors (Lipinski definition) is 3. The lowest BCUT2D eigenvalue weighted by Gasteiger charge is -2.00. The van der Waals surface area contributed by atoms with Crippen LogP contribution in [0.25, 0.3) is 16.6 Å². The molecule has 0 aliphatic carbocycles. The molecule has 0 spiro atoms. The van der Waals surface area contributed by atoms with Crippen molar-refractivity contribution in [3.05, 3.63) is 36.4 Å². The van der Waals surface area contributed by atoms with Crippen LogP contribution < -0.4 is 0 Å². The third-order valence-corrected chi connectivity index (χ3v) is 2.55. The molecule has 2 aromatic heterocycles. The van der Waals surface area contributed by atoms with Gasteiger partial charge in [0.1, 0.15) is 0 Å². The molecule has 0 bridgehead atoms. The van der Waals surface area contributed by atoms with Crippen LogP contribution in [0.5, 0.6) is 0 Å². The molecule has 3 rings (SSSR count). The van der Waals surface area contributed by atoms with Crippen molar-refractivity contribution in [1.29, 1.82) is 0 Å². The molecule has 0 amide bonds. The van der Waals surface area contributed by atoms with Crippen molar-refractivity contribution in [3.63, 3.8) is 0 Å². The van der Waals surface area contributed by atoms with Gasteiger partial charge in [0, 0.05) is 0 Å². The maximum absolute atomic E-state index is 4.27. The molecule has 0 saturated heterocycles. The average Bonchev–Trinajstić information content (AvgIpc) is 2.61. The number of benzene rings is 1. The van der Waals surface area contributed by atoms with Crippen LogP contribution in [0.3, 0.4) is 0 Å². The SMILES string of the molecule is Sc1nnc2ccc3ccccc3n12. The molecule has 0 saturated carbocycles. The maximum atomic E-state index is 4.27. The van der Waals surface area contributed by atoms with Gasteiger partial charge in [-0.05, 0) is 23.6 Å². The quantitative estimate of drug-likeness (QED) is 0.565. The Hall–Kier alpha value is -1.55. The Labute approximate surface area is 85.8 Å². The van der Waals surface area contributed by atoms with E-state index in [1.807, 2.05) is 34.7 Å². The summed E-state index contributed by atoms with van der Waals surface area (Å²) < 4.78 is 1.93. The molecule has 4 heteroatoms. The molecule has 68 valence electrons. The second kappa shape index (κ2) is 2.72. The number of nitrogens with zero attached hydrogens (tertiary/aromatic N) is 3. The largest absolute Gasteiger partial charge is 0.270 e. The van der Waals surface area contributed by atoms with Crippen LogP contribution >= 0.6 is 12.6 Å². The van der Waals surface area contributed by atoms with Gasteiger partial charge in [-0.3, -0.25) is 4.40 Å². The number of para-hydroxylation sites is 1. The Kier molecular flexibility index (Phi) is 1.52. The summed E-state index contributed by atoms with van der Waals surface area (Å²) >= 11 is 4.27. The highest BCUT2D eigenvalue weighted by atomic mass is 32.1. The highest BCUT2D eigenvalue weighted by molar-refractivity contribution is 7.80. The van der Waals surface area contributed by atoms with Crippen molar-refractivity contribution in [3.8, 4) is 0 Å². The topological polar surface area (TPSA) is 30.2 Å². The van der Waals surface area contributed by atoms with Gasteiger partial charge in [0.2, 0.25) is 0 Å². The summed E-state index contributed by atoms with van der Waals surface area (Å²) in [6.45, 7) is 0. The standard InChI is InChI=1S/C10H7N3S/c14-10-12-11-9-6-5-7-3-1-2-4-8(7)13(9)10/h1-6H,(H,12,14). The lowest BCUT2D eigenvalue weighted by molar-refractivity contribution is 0.947. The summed E-state index contributed by atoms with van der Waals surface area (Å²) in [4.78, 5) is 0. The normalized spacial score (nSPS) is 11.2. The molecule has 14 heavy (non-hydrogen) atoms. The zero-order chi connectivity index (χ0) is 9.54. The fourth-order valence-electron chi connectivity index (χ4n) is 1.62. The molecule has 0 aliphatic heterocycles. The summed E-state index contributed by atoms with van der Waals surface area (Å²) in [5, 5.41) is 9.71. The predicted octanol–water partition coefficient (Wildman–Crippen LogP) is 2.17. The maximum Gasteiger partial charge on any atom is 0.193 e. The third kappa shape index (κ3) is 0.943. The van der Waals surface area contributed by atoms with Crippen LogP contribution in [0.1, 0.15) is 0 Å². The van der Waals surface area contributed by atoms with E-state index in [9.17, 15) is 0 Å². The lowest BCUT2D eigenvalue weighted by Crippen LogP contribution is -1.87. The van der Waals surface area contributed by atoms with E-state index in [2.05, 4.69) is 28.9 Å². The second-order valence-corrected chi connectivity index (χ2v) is 3.49. The van der Waals surface area contributed by atoms with Crippen LogP contribution in [0, 0.1) is 0 Å². The Morgan fingerprint density at radius 2 is 1.86 bits per heavy atom. The van der Waals surface area contributed by atoms with Gasteiger partial charge in [-0.1, -0.05) is 18.2 Å². The molecule has 3 nitrogen and oxygen atoms in total. The van der Waals surface area contributed by atoms with Crippen molar-refractivity contribution in [1.82, 2.24) is 14.6 Å². The molecule has 0 atom stereocenters. The molecular formula is C10H7N3S. The van der Waals surface area contributed by atoms with Gasteiger partial charge in [-0.15, -0.1) is 22.8 Å². The van der Waals surface area contributed by atoms with Crippen LogP contribution in [0.2, 0.25) is 0 Å². The van der Waals surface area contributed by atoms with Crippen molar-refractivity contribution in [2.75, 3.05) is 0 Å². The molecule has 0 unspecified atom stereocenters. The minimum absolute atomic E-state index is 0.622. The Morgan fingerprint density at radius 3 is 2.79 bits per heavy atom. The molecule has 0 fully saturated rings. The predicted molar refractivity (Wildman–Crippen MR) is 57.7 cm³/mol. The van der Waals surface area contributed by atoms with Gasteiger partial charge in [0.25, 0.3) is 0 Å². The van der Waals surface area contributed by atoms with E-state index in [4.69, 9.17) is 0 Å². The summed E-state index contributed by atoms with van der Waals surface area (Å²) in [6.07, 6.45) is 0. The zero-order valence-corrected chi connectivity index (χ0v) is 8.15. The summed E-state index contributed by atoms with van der Waals surface area (Å²) in [7, 11) is 0. The molecule has 3 aromatic rings. The third-order valence-electron chi connectivity index (χ3n) is 2.26. The number of pyridine rings is 1. The van der Waals surface area contributed by atoms with Crippen LogP contribution in [-0.2, 0) is 0 Å². The Bertz CT molecular complexity index is 615. The van der Waals surface area contributed by atoms with Crippen LogP contribution in [0.15, 0.2) is 41.6 Å². The minimum atomic E-state index is 0.622. The second-order valence-electron chi connectivity index (χ2n) is 3.09. The first kappa shape index (κ1) is 7.82. The average molecular weight is 201 g/mol. The van der Waals surface area contributed by atoms with Gasteiger partial charge >= 0.3 is 0 Å². The van der Waals surface area contributed by atoms with E-state index in [1.54, 1.807) is 0 Å². The number of aromatic nitrogens is 3. The molecule has 2 heterocycles. The summed E-state index contributed by atoms with van der Waals surface area (Å²) in [5.41, 5.74) is 1.91. The first-order chi connectivity index (χ1) is 6.86. The molecule has 0 radical (unpaired) electrons. The van der Waals surface area contributed by atoms with Gasteiger partial charge in [0.15, 0.2) is 10.8 Å². The van der Waals surface area contributed by atoms with Crippen molar-refractivity contribution in [2.24, 2.45) is 0 Å². The lowest BCUT2D eigenvalue weighted by atomic mass is 10.2. The van der Waals surface area contributed by atoms with Crippen molar-refractivity contribution in [2.45, 2.75) is 5.16 Å². The Morgan fingerprint density at radius 1 is 1.00 bits per heavy atom. The van der Waals surface area contributed by atoms with Crippen LogP contribution in [-0.4, -0.2) is 14.6 Å². The highest BCUT2D eigenvalue weighted by Gasteiger charge is 2.04. The van der Waals surface area contributed by atoms with E-state index >= 15 is 0 Å². The monoisotopic (exact) mass is 201 g/mol. The zero-order valence-electron chi connectivity index (χ0n) is 7.25. The van der Waals surface area contributed by atoms with Crippen molar-refractivity contribution >= 4 is 29.2 Å². The van der Waals surface area contributed by atoms with E-state index in [1.165, 1.54) is 0 Å². The van der Waals surface area contributed by atoms with Gasteiger partial charge < -0.3 is 0 Å². The highest BCUT2D eigenvalue weighted by Crippen LogP contribution is 2.18. The van der Waals surface area contributed by atoms with E-state index in [0.29, 0.717) is 5.16 Å². The van der Waals surface area contributed by atoms with E-state index in [-0.39, 0.29) is 0 Å². The Balaban J connectivity index is 2.65. The van der Waals surface area contributed by atoms with E-state index < -0.39 is 0 Å². The number of thiol groups is 1. The fraction of sp³-hybridized carbons (Fsp3) is 0. The minimum Gasteiger partial charge on any atom is -0.270 e. The molecule has 0 aliphatic rings. The first-order valence-electron chi connectivity index (χ1n) is 4.28. The van der Waals surface area contributed by atoms with Gasteiger partial charge in [-0.25, -0.2) is 0 Å². The van der Waals surface area contributed by atoms with Crippen molar-refractivity contribution < 1.29 is 0 Å². The molecule has 0 N–H and O–H groups in total. The van der Waals surface area contributed by atoms with Gasteiger partial charge in [-0.2, -0.15) is 0 Å². The fourth-order valence-corrected chi connectivity index (χ4v) is 1.88. The molecular weight excluding hydrogens is 194 g/mol. The molecule has 1 aromatic carbocycles. The van der Waals surface area contributed by atoms with Crippen LogP contribution in [0.4, 0.5) is 0 Å². The number of rotatable bonds is 0. The van der Waals surface area contributed by atoms with Gasteiger partial charge in [0.05, 0.1) is 5.52 Å². The smallest absolute Gasteiger partial charge is 0.193 e.